The van der Waals surface area contributed by atoms with Crippen LogP contribution in [-0.4, -0.2) is 4.98 Å². The summed E-state index contributed by atoms with van der Waals surface area (Å²) < 4.78 is 0. The number of anilines is 1. The van der Waals surface area contributed by atoms with Crippen molar-refractivity contribution in [2.45, 2.75) is 0 Å². The van der Waals surface area contributed by atoms with E-state index in [1.807, 2.05) is 12.1 Å². The number of nitrogens with two attached hydrogens (primary N) is 1. The van der Waals surface area contributed by atoms with Crippen LogP contribution in [0.5, 0.6) is 0 Å². The minimum absolute atomic E-state index is 0.0332. The number of nitrogens with one attached hydrogen (secondary N) is 1. The summed E-state index contributed by atoms with van der Waals surface area (Å²) in [6, 6.07) is 11.8. The van der Waals surface area contributed by atoms with Gasteiger partial charge >= 0.3 is 0 Å². The molecule has 0 saturated carbocycles. The van der Waals surface area contributed by atoms with E-state index in [0.29, 0.717) is 11.1 Å². The highest BCUT2D eigenvalue weighted by Gasteiger charge is 2.17. The van der Waals surface area contributed by atoms with E-state index in [9.17, 15) is 4.79 Å². The molecular formula is C14H7N5O. The summed E-state index contributed by atoms with van der Waals surface area (Å²) in [6.45, 7) is 0. The fourth-order valence-corrected chi connectivity index (χ4v) is 1.84. The molecule has 6 nitrogen and oxygen atoms in total. The van der Waals surface area contributed by atoms with E-state index in [2.05, 4.69) is 4.98 Å². The minimum atomic E-state index is -0.650. The third-order valence-corrected chi connectivity index (χ3v) is 2.77. The van der Waals surface area contributed by atoms with Crippen molar-refractivity contribution in [3.8, 4) is 29.3 Å². The molecule has 0 spiro atoms. The third-order valence-electron chi connectivity index (χ3n) is 2.77. The van der Waals surface area contributed by atoms with Gasteiger partial charge in [-0.3, -0.25) is 4.79 Å². The number of nitriles is 3. The lowest BCUT2D eigenvalue weighted by Crippen LogP contribution is -2.16. The lowest BCUT2D eigenvalue weighted by atomic mass is 9.96. The minimum Gasteiger partial charge on any atom is -0.384 e. The van der Waals surface area contributed by atoms with Crippen molar-refractivity contribution in [3.63, 3.8) is 0 Å². The van der Waals surface area contributed by atoms with Gasteiger partial charge in [0, 0.05) is 5.56 Å². The fourth-order valence-electron chi connectivity index (χ4n) is 1.84. The van der Waals surface area contributed by atoms with Crippen LogP contribution in [-0.2, 0) is 0 Å². The molecule has 20 heavy (non-hydrogen) atoms. The van der Waals surface area contributed by atoms with Crippen molar-refractivity contribution >= 4 is 5.82 Å². The smallest absolute Gasteiger partial charge is 0.268 e. The van der Waals surface area contributed by atoms with Crippen molar-refractivity contribution in [2.75, 3.05) is 5.73 Å². The van der Waals surface area contributed by atoms with E-state index < -0.39 is 5.56 Å². The van der Waals surface area contributed by atoms with Crippen LogP contribution >= 0.6 is 0 Å². The van der Waals surface area contributed by atoms with Gasteiger partial charge in [0.25, 0.3) is 5.56 Å². The summed E-state index contributed by atoms with van der Waals surface area (Å²) >= 11 is 0. The van der Waals surface area contributed by atoms with Gasteiger partial charge in [-0.2, -0.15) is 15.8 Å². The molecule has 0 bridgehead atoms. The summed E-state index contributed by atoms with van der Waals surface area (Å²) in [7, 11) is 0. The van der Waals surface area contributed by atoms with Crippen LogP contribution in [0.2, 0.25) is 0 Å². The zero-order valence-electron chi connectivity index (χ0n) is 10.1. The maximum Gasteiger partial charge on any atom is 0.268 e. The molecule has 2 aromatic rings. The van der Waals surface area contributed by atoms with E-state index in [4.69, 9.17) is 21.5 Å². The molecule has 3 N–H and O–H groups in total. The average Bonchev–Trinajstić information content (AvgIpc) is 2.46. The molecule has 0 fully saturated rings. The maximum atomic E-state index is 11.7. The van der Waals surface area contributed by atoms with Crippen LogP contribution in [0.1, 0.15) is 16.7 Å². The highest BCUT2D eigenvalue weighted by atomic mass is 16.1. The molecule has 0 radical (unpaired) electrons. The van der Waals surface area contributed by atoms with E-state index in [1.54, 1.807) is 18.2 Å². The molecule has 1 heterocycles. The van der Waals surface area contributed by atoms with Crippen LogP contribution in [0.4, 0.5) is 5.82 Å². The largest absolute Gasteiger partial charge is 0.384 e. The zero-order valence-corrected chi connectivity index (χ0v) is 10.1. The highest BCUT2D eigenvalue weighted by molar-refractivity contribution is 5.80. The Balaban J connectivity index is 2.85. The highest BCUT2D eigenvalue weighted by Crippen LogP contribution is 2.27. The molecule has 0 aliphatic heterocycles. The number of nitrogens with zero attached hydrogens (tertiary/aromatic N) is 3. The summed E-state index contributed by atoms with van der Waals surface area (Å²) in [5.74, 6) is -0.0872. The molecule has 94 valence electrons. The SMILES string of the molecule is N#Cc1ccc(-c2c(C#N)c(N)[nH]c(=O)c2C#N)cc1. The Morgan fingerprint density at radius 2 is 1.55 bits per heavy atom. The second-order valence-electron chi connectivity index (χ2n) is 3.91. The number of rotatable bonds is 1. The number of nitrogen functional groups attached to an aromatic ring is 1. The number of aromatic nitrogens is 1. The molecule has 0 aliphatic rings. The van der Waals surface area contributed by atoms with Gasteiger partial charge < -0.3 is 10.7 Å². The van der Waals surface area contributed by atoms with Crippen LogP contribution < -0.4 is 11.3 Å². The van der Waals surface area contributed by atoms with Gasteiger partial charge in [0.1, 0.15) is 29.1 Å². The molecule has 0 unspecified atom stereocenters. The molecule has 0 atom stereocenters. The molecule has 0 aliphatic carbocycles. The Morgan fingerprint density at radius 3 is 2.05 bits per heavy atom. The van der Waals surface area contributed by atoms with E-state index in [1.165, 1.54) is 12.1 Å². The van der Waals surface area contributed by atoms with Crippen molar-refractivity contribution in [2.24, 2.45) is 0 Å². The number of H-pyrrole nitrogens is 1. The number of pyridine rings is 1. The predicted octanol–water partition coefficient (Wildman–Crippen LogP) is 1.24. The third kappa shape index (κ3) is 1.96. The van der Waals surface area contributed by atoms with Crippen molar-refractivity contribution in [1.82, 2.24) is 4.98 Å². The second kappa shape index (κ2) is 4.97. The van der Waals surface area contributed by atoms with Crippen molar-refractivity contribution < 1.29 is 0 Å². The first-order valence-corrected chi connectivity index (χ1v) is 5.48. The molecule has 0 amide bonds. The number of aromatic amines is 1. The van der Waals surface area contributed by atoms with Gasteiger partial charge in [0.15, 0.2) is 0 Å². The summed E-state index contributed by atoms with van der Waals surface area (Å²) in [5, 5.41) is 27.0. The predicted molar refractivity (Wildman–Crippen MR) is 71.1 cm³/mol. The summed E-state index contributed by atoms with van der Waals surface area (Å²) in [4.78, 5) is 14.0. The van der Waals surface area contributed by atoms with Gasteiger partial charge in [-0.1, -0.05) is 12.1 Å². The second-order valence-corrected chi connectivity index (χ2v) is 3.91. The van der Waals surface area contributed by atoms with Gasteiger partial charge in [0.2, 0.25) is 0 Å². The molecule has 6 heteroatoms. The maximum absolute atomic E-state index is 11.7. The molecule has 0 saturated heterocycles. The first-order chi connectivity index (χ1) is 9.62. The van der Waals surface area contributed by atoms with Crippen molar-refractivity contribution in [1.29, 1.82) is 15.8 Å². The van der Waals surface area contributed by atoms with Crippen LogP contribution in [0, 0.1) is 34.0 Å². The Bertz CT molecular complexity index is 857. The van der Waals surface area contributed by atoms with Gasteiger partial charge in [-0.25, -0.2) is 0 Å². The molecule has 2 rings (SSSR count). The molecule has 1 aromatic carbocycles. The average molecular weight is 261 g/mol. The fraction of sp³-hybridized carbons (Fsp3) is 0. The Kier molecular flexibility index (Phi) is 3.20. The summed E-state index contributed by atoms with van der Waals surface area (Å²) in [5.41, 5.74) is 5.91. The van der Waals surface area contributed by atoms with Crippen LogP contribution in [0.3, 0.4) is 0 Å². The van der Waals surface area contributed by atoms with E-state index in [-0.39, 0.29) is 22.5 Å². The first kappa shape index (κ1) is 12.9. The van der Waals surface area contributed by atoms with Crippen molar-refractivity contribution in [3.05, 3.63) is 51.3 Å². The Hall–Kier alpha value is -3.56. The monoisotopic (exact) mass is 261 g/mol. The normalized spacial score (nSPS) is 9.25. The summed E-state index contributed by atoms with van der Waals surface area (Å²) in [6.07, 6.45) is 0. The Morgan fingerprint density at radius 1 is 0.950 bits per heavy atom. The topological polar surface area (TPSA) is 130 Å². The standard InChI is InChI=1S/C14H7N5O/c15-5-8-1-3-9(4-2-8)12-10(6-16)13(18)19-14(20)11(12)7-17/h1-4H,(H3,18,19,20). The number of hydrogen-bond acceptors (Lipinski definition) is 5. The first-order valence-electron chi connectivity index (χ1n) is 5.48. The van der Waals surface area contributed by atoms with E-state index in [0.717, 1.165) is 0 Å². The van der Waals surface area contributed by atoms with Crippen LogP contribution in [0.25, 0.3) is 11.1 Å². The number of hydrogen-bond donors (Lipinski definition) is 2. The van der Waals surface area contributed by atoms with E-state index >= 15 is 0 Å². The lowest BCUT2D eigenvalue weighted by Gasteiger charge is -2.08. The van der Waals surface area contributed by atoms with Crippen LogP contribution in [0.15, 0.2) is 29.1 Å². The van der Waals surface area contributed by atoms with Gasteiger partial charge in [-0.05, 0) is 17.7 Å². The quantitative estimate of drug-likeness (QED) is 0.797. The lowest BCUT2D eigenvalue weighted by molar-refractivity contribution is 1.21. The van der Waals surface area contributed by atoms with Gasteiger partial charge in [0.05, 0.1) is 11.6 Å². The van der Waals surface area contributed by atoms with Gasteiger partial charge in [-0.15, -0.1) is 0 Å². The number of benzene rings is 1. The zero-order chi connectivity index (χ0) is 14.7. The Labute approximate surface area is 113 Å². The molecular weight excluding hydrogens is 254 g/mol. The molecule has 1 aromatic heterocycles.